The van der Waals surface area contributed by atoms with Crippen LogP contribution in [0.2, 0.25) is 10.0 Å². The Bertz CT molecular complexity index is 925. The normalized spacial score (nSPS) is 10.7. The van der Waals surface area contributed by atoms with Crippen molar-refractivity contribution in [3.63, 3.8) is 0 Å². The number of halogens is 2. The van der Waals surface area contributed by atoms with Crippen LogP contribution in [0.3, 0.4) is 0 Å². The number of nitrogens with zero attached hydrogens (tertiary/aromatic N) is 3. The molecule has 1 amide bonds. The number of amides is 1. The van der Waals surface area contributed by atoms with E-state index in [0.717, 1.165) is 15.6 Å². The van der Waals surface area contributed by atoms with Gasteiger partial charge in [-0.1, -0.05) is 28.3 Å². The molecule has 7 nitrogen and oxygen atoms in total. The van der Waals surface area contributed by atoms with Crippen LogP contribution in [0.4, 0.5) is 6.01 Å². The zero-order valence-electron chi connectivity index (χ0n) is 13.2. The van der Waals surface area contributed by atoms with Crippen molar-refractivity contribution in [2.24, 2.45) is 0 Å². The molecular formula is C15H12Cl2N4O3S. The molecule has 0 radical (unpaired) electrons. The van der Waals surface area contributed by atoms with Crippen LogP contribution in [0, 0.1) is 13.8 Å². The molecule has 0 aliphatic rings. The monoisotopic (exact) mass is 398 g/mol. The first-order valence-corrected chi connectivity index (χ1v) is 8.65. The molecule has 3 aromatic rings. The molecule has 0 atom stereocenters. The van der Waals surface area contributed by atoms with Crippen LogP contribution in [0.25, 0.3) is 10.8 Å². The van der Waals surface area contributed by atoms with E-state index in [-0.39, 0.29) is 12.6 Å². The molecule has 10 heteroatoms. The Morgan fingerprint density at radius 3 is 2.80 bits per heavy atom. The fourth-order valence-corrected chi connectivity index (χ4v) is 3.29. The van der Waals surface area contributed by atoms with E-state index in [0.29, 0.717) is 21.7 Å². The molecule has 2 heterocycles. The molecule has 0 aliphatic carbocycles. The first kappa shape index (κ1) is 17.7. The number of nitrogens with one attached hydrogen (secondary N) is 1. The van der Waals surface area contributed by atoms with Gasteiger partial charge in [0.05, 0.1) is 15.7 Å². The number of benzene rings is 1. The quantitative estimate of drug-likeness (QED) is 0.694. The highest BCUT2D eigenvalue weighted by Gasteiger charge is 2.16. The molecule has 1 N–H and O–H groups in total. The lowest BCUT2D eigenvalue weighted by Gasteiger charge is -2.07. The molecule has 3 rings (SSSR count). The second kappa shape index (κ2) is 7.38. The summed E-state index contributed by atoms with van der Waals surface area (Å²) in [7, 11) is 0. The highest BCUT2D eigenvalue weighted by atomic mass is 35.5. The fraction of sp³-hybridized carbons (Fsp3) is 0.200. The van der Waals surface area contributed by atoms with Gasteiger partial charge in [-0.05, 0) is 32.0 Å². The van der Waals surface area contributed by atoms with Gasteiger partial charge in [0.2, 0.25) is 0 Å². The maximum Gasteiger partial charge on any atom is 0.322 e. The van der Waals surface area contributed by atoms with Crippen LogP contribution >= 0.6 is 34.5 Å². The summed E-state index contributed by atoms with van der Waals surface area (Å²) in [6.07, 6.45) is 0. The second-order valence-corrected chi connectivity index (χ2v) is 7.02. The van der Waals surface area contributed by atoms with Crippen LogP contribution in [-0.4, -0.2) is 27.7 Å². The lowest BCUT2D eigenvalue weighted by molar-refractivity contribution is -0.118. The molecular weight excluding hydrogens is 387 g/mol. The third-order valence-corrected chi connectivity index (χ3v) is 4.61. The Hall–Kier alpha value is -2.16. The number of anilines is 1. The van der Waals surface area contributed by atoms with Gasteiger partial charge in [0.1, 0.15) is 10.6 Å². The van der Waals surface area contributed by atoms with Crippen molar-refractivity contribution in [2.75, 3.05) is 11.9 Å². The molecule has 1 aromatic carbocycles. The predicted molar refractivity (Wildman–Crippen MR) is 95.5 cm³/mol. The van der Waals surface area contributed by atoms with Crippen molar-refractivity contribution in [3.05, 3.63) is 38.9 Å². The van der Waals surface area contributed by atoms with Crippen LogP contribution in [0.15, 0.2) is 22.6 Å². The van der Waals surface area contributed by atoms with Crippen LogP contribution in [0.5, 0.6) is 5.75 Å². The van der Waals surface area contributed by atoms with Crippen molar-refractivity contribution < 1.29 is 13.9 Å². The van der Waals surface area contributed by atoms with E-state index in [1.165, 1.54) is 17.4 Å². The minimum absolute atomic E-state index is 0.0174. The van der Waals surface area contributed by atoms with E-state index >= 15 is 0 Å². The number of hydrogen-bond acceptors (Lipinski definition) is 7. The maximum absolute atomic E-state index is 11.9. The van der Waals surface area contributed by atoms with Gasteiger partial charge in [-0.3, -0.25) is 10.1 Å². The molecule has 2 aromatic heterocycles. The standard InChI is InChI=1S/C15H12Cl2N4O3S/c1-7-13(25-8(2)18-7)14-20-21-15(24-14)19-12(22)6-23-11-4-3-9(16)5-10(11)17/h3-5H,6H2,1-2H3,(H,19,21,22). The summed E-state index contributed by atoms with van der Waals surface area (Å²) in [6.45, 7) is 3.47. The van der Waals surface area contributed by atoms with E-state index in [1.807, 2.05) is 13.8 Å². The van der Waals surface area contributed by atoms with Gasteiger partial charge in [0.25, 0.3) is 11.8 Å². The van der Waals surface area contributed by atoms with Crippen molar-refractivity contribution in [1.82, 2.24) is 15.2 Å². The largest absolute Gasteiger partial charge is 0.482 e. The Morgan fingerprint density at radius 1 is 1.32 bits per heavy atom. The average molecular weight is 399 g/mol. The Kier molecular flexibility index (Phi) is 5.22. The van der Waals surface area contributed by atoms with Gasteiger partial charge in [-0.15, -0.1) is 16.4 Å². The van der Waals surface area contributed by atoms with Gasteiger partial charge in [-0.25, -0.2) is 4.98 Å². The molecule has 0 saturated carbocycles. The number of carbonyl (C=O) groups is 1. The number of aryl methyl sites for hydroxylation is 2. The van der Waals surface area contributed by atoms with Crippen molar-refractivity contribution in [1.29, 1.82) is 0 Å². The van der Waals surface area contributed by atoms with Gasteiger partial charge >= 0.3 is 6.01 Å². The maximum atomic E-state index is 11.9. The predicted octanol–water partition coefficient (Wildman–Crippen LogP) is 4.13. The summed E-state index contributed by atoms with van der Waals surface area (Å²) in [5.41, 5.74) is 0.796. The van der Waals surface area contributed by atoms with Crippen LogP contribution in [-0.2, 0) is 4.79 Å². The van der Waals surface area contributed by atoms with Gasteiger partial charge in [-0.2, -0.15) is 0 Å². The lowest BCUT2D eigenvalue weighted by atomic mass is 10.3. The number of thiazole rings is 1. The second-order valence-electron chi connectivity index (χ2n) is 4.97. The number of ether oxygens (including phenoxy) is 1. The average Bonchev–Trinajstić information content (AvgIpc) is 3.12. The Balaban J connectivity index is 1.61. The van der Waals surface area contributed by atoms with Crippen molar-refractivity contribution in [2.45, 2.75) is 13.8 Å². The number of rotatable bonds is 5. The molecule has 0 bridgehead atoms. The topological polar surface area (TPSA) is 90.1 Å². The van der Waals surface area contributed by atoms with Gasteiger partial charge in [0, 0.05) is 5.02 Å². The van der Waals surface area contributed by atoms with Crippen LogP contribution in [0.1, 0.15) is 10.7 Å². The molecule has 130 valence electrons. The molecule has 0 fully saturated rings. The van der Waals surface area contributed by atoms with E-state index in [4.69, 9.17) is 32.4 Å². The van der Waals surface area contributed by atoms with Crippen LogP contribution < -0.4 is 10.1 Å². The highest BCUT2D eigenvalue weighted by molar-refractivity contribution is 7.15. The van der Waals surface area contributed by atoms with Crippen molar-refractivity contribution >= 4 is 46.5 Å². The van der Waals surface area contributed by atoms with E-state index in [9.17, 15) is 4.79 Å². The number of carbonyl (C=O) groups excluding carboxylic acids is 1. The molecule has 0 saturated heterocycles. The lowest BCUT2D eigenvalue weighted by Crippen LogP contribution is -2.20. The molecule has 0 aliphatic heterocycles. The smallest absolute Gasteiger partial charge is 0.322 e. The third-order valence-electron chi connectivity index (χ3n) is 3.02. The minimum Gasteiger partial charge on any atom is -0.482 e. The SMILES string of the molecule is Cc1nc(C)c(-c2nnc(NC(=O)COc3ccc(Cl)cc3Cl)o2)s1. The van der Waals surface area contributed by atoms with E-state index in [2.05, 4.69) is 20.5 Å². The summed E-state index contributed by atoms with van der Waals surface area (Å²) >= 11 is 13.2. The first-order chi connectivity index (χ1) is 11.9. The summed E-state index contributed by atoms with van der Waals surface area (Å²) in [6, 6.07) is 4.71. The van der Waals surface area contributed by atoms with E-state index < -0.39 is 5.91 Å². The Morgan fingerprint density at radius 2 is 2.12 bits per heavy atom. The first-order valence-electron chi connectivity index (χ1n) is 7.08. The number of hydrogen-bond donors (Lipinski definition) is 1. The fourth-order valence-electron chi connectivity index (χ4n) is 1.99. The van der Waals surface area contributed by atoms with Gasteiger partial charge < -0.3 is 9.15 Å². The molecule has 25 heavy (non-hydrogen) atoms. The van der Waals surface area contributed by atoms with Crippen molar-refractivity contribution in [3.8, 4) is 16.5 Å². The Labute approximate surface area is 156 Å². The summed E-state index contributed by atoms with van der Waals surface area (Å²) < 4.78 is 10.8. The number of aromatic nitrogens is 3. The third kappa shape index (κ3) is 4.28. The zero-order chi connectivity index (χ0) is 18.0. The van der Waals surface area contributed by atoms with Gasteiger partial charge in [0.15, 0.2) is 6.61 Å². The summed E-state index contributed by atoms with van der Waals surface area (Å²) in [5, 5.41) is 11.9. The molecule has 0 unspecified atom stereocenters. The summed E-state index contributed by atoms with van der Waals surface area (Å²) in [5.74, 6) is 0.196. The highest BCUT2D eigenvalue weighted by Crippen LogP contribution is 2.29. The van der Waals surface area contributed by atoms with E-state index in [1.54, 1.807) is 12.1 Å². The minimum atomic E-state index is -0.460. The zero-order valence-corrected chi connectivity index (χ0v) is 15.5. The molecule has 0 spiro atoms. The summed E-state index contributed by atoms with van der Waals surface area (Å²) in [4.78, 5) is 17.0.